The molecule has 82 valence electrons. The van der Waals surface area contributed by atoms with Gasteiger partial charge in [-0.15, -0.1) is 0 Å². The van der Waals surface area contributed by atoms with Crippen LogP contribution in [-0.2, 0) is 6.54 Å². The van der Waals surface area contributed by atoms with Crippen molar-refractivity contribution >= 4 is 28.5 Å². The maximum atomic E-state index is 10.5. The van der Waals surface area contributed by atoms with Crippen LogP contribution in [0.25, 0.3) is 0 Å². The summed E-state index contributed by atoms with van der Waals surface area (Å²) in [6, 6.07) is 0. The van der Waals surface area contributed by atoms with Crippen molar-refractivity contribution in [2.75, 3.05) is 0 Å². The molecular formula is C8H10IN3O3. The predicted octanol–water partition coefficient (Wildman–Crippen LogP) is 1.49. The lowest BCUT2D eigenvalue weighted by Crippen LogP contribution is -2.16. The standard InChI is InChI=1S/C8H10IN3O3/c9-3-1-2-7(13)6-11-5-4-10-8(11)12(14)15/h1,3-5,7,13H,2,6H2/b3-1+/t7-/m0/s1. The molecule has 15 heavy (non-hydrogen) atoms. The van der Waals surface area contributed by atoms with Gasteiger partial charge in [-0.3, -0.25) is 0 Å². The molecule has 1 heterocycles. The molecule has 0 aliphatic rings. The second-order valence-electron chi connectivity index (χ2n) is 2.89. The van der Waals surface area contributed by atoms with Gasteiger partial charge in [0.1, 0.15) is 12.4 Å². The van der Waals surface area contributed by atoms with Crippen molar-refractivity contribution in [1.82, 2.24) is 9.55 Å². The fourth-order valence-corrected chi connectivity index (χ4v) is 1.42. The molecule has 1 aromatic rings. The molecule has 7 heteroatoms. The first-order valence-corrected chi connectivity index (χ1v) is 5.48. The smallest absolute Gasteiger partial charge is 0.390 e. The largest absolute Gasteiger partial charge is 0.434 e. The minimum absolute atomic E-state index is 0.178. The van der Waals surface area contributed by atoms with Crippen LogP contribution < -0.4 is 0 Å². The maximum absolute atomic E-state index is 10.5. The number of nitrogens with zero attached hydrogens (tertiary/aromatic N) is 3. The highest BCUT2D eigenvalue weighted by Gasteiger charge is 2.16. The summed E-state index contributed by atoms with van der Waals surface area (Å²) in [7, 11) is 0. The van der Waals surface area contributed by atoms with Crippen molar-refractivity contribution in [3.8, 4) is 0 Å². The van der Waals surface area contributed by atoms with E-state index >= 15 is 0 Å². The monoisotopic (exact) mass is 323 g/mol. The van der Waals surface area contributed by atoms with Crippen LogP contribution >= 0.6 is 22.6 Å². The van der Waals surface area contributed by atoms with Gasteiger partial charge < -0.3 is 15.2 Å². The van der Waals surface area contributed by atoms with Gasteiger partial charge in [-0.25, -0.2) is 4.57 Å². The van der Waals surface area contributed by atoms with Gasteiger partial charge in [-0.05, 0) is 15.4 Å². The van der Waals surface area contributed by atoms with Crippen LogP contribution in [0.5, 0.6) is 0 Å². The van der Waals surface area contributed by atoms with Crippen LogP contribution in [0.2, 0.25) is 0 Å². The highest BCUT2D eigenvalue weighted by molar-refractivity contribution is 14.1. The molecule has 0 saturated carbocycles. The number of nitro groups is 1. The number of rotatable bonds is 5. The lowest BCUT2D eigenvalue weighted by Gasteiger charge is -2.06. The molecule has 1 atom stereocenters. The first kappa shape index (κ1) is 12.1. The van der Waals surface area contributed by atoms with Gasteiger partial charge in [0, 0.05) is 0 Å². The van der Waals surface area contributed by atoms with Crippen LogP contribution in [0.3, 0.4) is 0 Å². The minimum atomic E-state index is -0.635. The van der Waals surface area contributed by atoms with Gasteiger partial charge in [-0.2, -0.15) is 0 Å². The third-order valence-corrected chi connectivity index (χ3v) is 2.27. The van der Waals surface area contributed by atoms with Crippen molar-refractivity contribution in [2.24, 2.45) is 0 Å². The van der Waals surface area contributed by atoms with Crippen molar-refractivity contribution in [1.29, 1.82) is 0 Å². The van der Waals surface area contributed by atoms with Crippen molar-refractivity contribution in [2.45, 2.75) is 19.1 Å². The number of aliphatic hydroxyl groups excluding tert-OH is 1. The zero-order chi connectivity index (χ0) is 11.3. The zero-order valence-corrected chi connectivity index (χ0v) is 9.94. The van der Waals surface area contributed by atoms with Crippen LogP contribution in [0, 0.1) is 10.1 Å². The molecule has 1 N–H and O–H groups in total. The topological polar surface area (TPSA) is 81.2 Å². The normalized spacial score (nSPS) is 13.2. The van der Waals surface area contributed by atoms with Crippen molar-refractivity contribution in [3.63, 3.8) is 0 Å². The number of hydrogen-bond acceptors (Lipinski definition) is 4. The third kappa shape index (κ3) is 3.59. The van der Waals surface area contributed by atoms with E-state index in [1.54, 1.807) is 10.2 Å². The Morgan fingerprint density at radius 1 is 1.80 bits per heavy atom. The van der Waals surface area contributed by atoms with Crippen molar-refractivity contribution < 1.29 is 10.0 Å². The lowest BCUT2D eigenvalue weighted by atomic mass is 10.2. The number of halogens is 1. The van der Waals surface area contributed by atoms with Crippen LogP contribution in [0.4, 0.5) is 5.95 Å². The molecule has 0 radical (unpaired) electrons. The highest BCUT2D eigenvalue weighted by atomic mass is 127. The Bertz CT molecular complexity index is 364. The predicted molar refractivity (Wildman–Crippen MR) is 62.7 cm³/mol. The second kappa shape index (κ2) is 5.81. The van der Waals surface area contributed by atoms with E-state index in [9.17, 15) is 15.2 Å². The average Bonchev–Trinajstić information content (AvgIpc) is 2.62. The van der Waals surface area contributed by atoms with Gasteiger partial charge in [0.2, 0.25) is 0 Å². The lowest BCUT2D eigenvalue weighted by molar-refractivity contribution is -0.397. The molecule has 0 amide bonds. The maximum Gasteiger partial charge on any atom is 0.434 e. The minimum Gasteiger partial charge on any atom is -0.390 e. The Labute approximate surface area is 99.9 Å². The van der Waals surface area contributed by atoms with E-state index in [4.69, 9.17) is 0 Å². The summed E-state index contributed by atoms with van der Waals surface area (Å²) in [6.45, 7) is 0.178. The average molecular weight is 323 g/mol. The number of imidazole rings is 1. The summed E-state index contributed by atoms with van der Waals surface area (Å²) < 4.78 is 3.12. The fraction of sp³-hybridized carbons (Fsp3) is 0.375. The van der Waals surface area contributed by atoms with E-state index in [0.717, 1.165) is 0 Å². The first-order chi connectivity index (χ1) is 7.15. The Morgan fingerprint density at radius 2 is 2.53 bits per heavy atom. The fourth-order valence-electron chi connectivity index (χ4n) is 1.13. The zero-order valence-electron chi connectivity index (χ0n) is 7.78. The molecule has 1 rings (SSSR count). The summed E-state index contributed by atoms with van der Waals surface area (Å²) in [5.41, 5.74) is 0. The molecule has 0 aromatic carbocycles. The molecule has 0 spiro atoms. The van der Waals surface area contributed by atoms with E-state index < -0.39 is 11.0 Å². The molecule has 0 aliphatic heterocycles. The quantitative estimate of drug-likeness (QED) is 0.506. The van der Waals surface area contributed by atoms with E-state index in [0.29, 0.717) is 6.42 Å². The van der Waals surface area contributed by atoms with Gasteiger partial charge >= 0.3 is 5.95 Å². The molecule has 0 fully saturated rings. The molecule has 1 aromatic heterocycles. The molecule has 0 saturated heterocycles. The molecule has 0 bridgehead atoms. The SMILES string of the molecule is O=[N+]([O-])c1nccn1C[C@@H](O)C/C=C/I. The first-order valence-electron chi connectivity index (χ1n) is 4.24. The van der Waals surface area contributed by atoms with Crippen molar-refractivity contribution in [3.05, 3.63) is 32.7 Å². The summed E-state index contributed by atoms with van der Waals surface area (Å²) in [6.07, 6.45) is 4.46. The van der Waals surface area contributed by atoms with Crippen LogP contribution in [-0.4, -0.2) is 25.7 Å². The molecule has 6 nitrogen and oxygen atoms in total. The van der Waals surface area contributed by atoms with E-state index in [-0.39, 0.29) is 12.5 Å². The second-order valence-corrected chi connectivity index (χ2v) is 3.61. The Hall–Kier alpha value is -0.960. The summed E-state index contributed by atoms with van der Waals surface area (Å²) in [4.78, 5) is 13.5. The van der Waals surface area contributed by atoms with Crippen LogP contribution in [0.15, 0.2) is 22.6 Å². The Kier molecular flexibility index (Phi) is 4.69. The molecule has 0 aliphatic carbocycles. The number of hydrogen-bond donors (Lipinski definition) is 1. The van der Waals surface area contributed by atoms with E-state index in [1.807, 2.05) is 22.6 Å². The molecule has 0 unspecified atom stereocenters. The third-order valence-electron chi connectivity index (χ3n) is 1.76. The summed E-state index contributed by atoms with van der Waals surface area (Å²) in [5.74, 6) is -0.243. The summed E-state index contributed by atoms with van der Waals surface area (Å²) in [5, 5.41) is 20.0. The van der Waals surface area contributed by atoms with Crippen LogP contribution in [0.1, 0.15) is 6.42 Å². The molecular weight excluding hydrogens is 313 g/mol. The van der Waals surface area contributed by atoms with Gasteiger partial charge in [0.15, 0.2) is 0 Å². The van der Waals surface area contributed by atoms with E-state index in [2.05, 4.69) is 4.98 Å². The van der Waals surface area contributed by atoms with E-state index in [1.165, 1.54) is 17.0 Å². The number of aliphatic hydroxyl groups is 1. The van der Waals surface area contributed by atoms with Gasteiger partial charge in [-0.1, -0.05) is 33.7 Å². The van der Waals surface area contributed by atoms with Gasteiger partial charge in [0.25, 0.3) is 0 Å². The van der Waals surface area contributed by atoms with Gasteiger partial charge in [0.05, 0.1) is 12.6 Å². The summed E-state index contributed by atoms with van der Waals surface area (Å²) >= 11 is 2.05. The Balaban J connectivity index is 2.63. The number of aromatic nitrogens is 2. The Morgan fingerprint density at radius 3 is 3.13 bits per heavy atom. The highest BCUT2D eigenvalue weighted by Crippen LogP contribution is 2.09.